The number of nitrogens with zero attached hydrogens (tertiary/aromatic N) is 2. The molecular weight excluding hydrogens is 468 g/mol. The van der Waals surface area contributed by atoms with E-state index >= 15 is 0 Å². The van der Waals surface area contributed by atoms with Gasteiger partial charge in [0, 0.05) is 34.2 Å². The zero-order valence-corrected chi connectivity index (χ0v) is 21.0. The lowest BCUT2D eigenvalue weighted by molar-refractivity contribution is -0.170. The summed E-state index contributed by atoms with van der Waals surface area (Å²) < 4.78 is 7.25. The van der Waals surface area contributed by atoms with Gasteiger partial charge in [0.15, 0.2) is 0 Å². The second-order valence-electron chi connectivity index (χ2n) is 9.62. The summed E-state index contributed by atoms with van der Waals surface area (Å²) in [7, 11) is 0. The van der Waals surface area contributed by atoms with E-state index in [1.54, 1.807) is 54.8 Å². The SMILES string of the molecule is Cc1c(C[C@@H](C(=O)OC(C)C)N2[C@@H](O)c3ccccc3[C@@H]2O)c2ccccc2n1C(=O)c1ccccc1. The first-order chi connectivity index (χ1) is 17.8. The highest BCUT2D eigenvalue weighted by molar-refractivity contribution is 6.04. The fourth-order valence-corrected chi connectivity index (χ4v) is 5.26. The molecule has 1 aromatic heterocycles. The van der Waals surface area contributed by atoms with E-state index in [0.29, 0.717) is 22.4 Å². The van der Waals surface area contributed by atoms with Crippen molar-refractivity contribution in [2.24, 2.45) is 0 Å². The van der Waals surface area contributed by atoms with Gasteiger partial charge in [-0.25, -0.2) is 4.90 Å². The number of benzene rings is 3. The summed E-state index contributed by atoms with van der Waals surface area (Å²) >= 11 is 0. The van der Waals surface area contributed by atoms with Crippen LogP contribution in [0.3, 0.4) is 0 Å². The van der Waals surface area contributed by atoms with Crippen LogP contribution in [-0.2, 0) is 16.0 Å². The van der Waals surface area contributed by atoms with Gasteiger partial charge in [-0.1, -0.05) is 60.7 Å². The van der Waals surface area contributed by atoms with Crippen molar-refractivity contribution in [2.45, 2.75) is 51.8 Å². The molecule has 0 spiro atoms. The maximum absolute atomic E-state index is 13.5. The number of aliphatic hydroxyl groups is 2. The van der Waals surface area contributed by atoms with Gasteiger partial charge in [0.05, 0.1) is 11.6 Å². The fourth-order valence-electron chi connectivity index (χ4n) is 5.26. The molecule has 5 rings (SSSR count). The number of carbonyl (C=O) groups is 2. The van der Waals surface area contributed by atoms with Gasteiger partial charge in [-0.15, -0.1) is 0 Å². The van der Waals surface area contributed by atoms with E-state index in [1.165, 1.54) is 4.90 Å². The Kier molecular flexibility index (Phi) is 6.69. The molecule has 7 heteroatoms. The molecule has 0 fully saturated rings. The number of ether oxygens (including phenoxy) is 1. The molecule has 7 nitrogen and oxygen atoms in total. The lowest BCUT2D eigenvalue weighted by Crippen LogP contribution is -2.45. The van der Waals surface area contributed by atoms with Gasteiger partial charge in [-0.3, -0.25) is 14.2 Å². The third-order valence-electron chi connectivity index (χ3n) is 6.96. The van der Waals surface area contributed by atoms with Crippen molar-refractivity contribution in [2.75, 3.05) is 0 Å². The van der Waals surface area contributed by atoms with Crippen molar-refractivity contribution in [3.05, 3.63) is 107 Å². The van der Waals surface area contributed by atoms with Crippen LogP contribution in [0.2, 0.25) is 0 Å². The summed E-state index contributed by atoms with van der Waals surface area (Å²) in [6, 6.07) is 22.7. The van der Waals surface area contributed by atoms with Crippen LogP contribution >= 0.6 is 0 Å². The normalized spacial score (nSPS) is 18.2. The number of hydrogen-bond donors (Lipinski definition) is 2. The van der Waals surface area contributed by atoms with Crippen molar-refractivity contribution in [3.8, 4) is 0 Å². The topological polar surface area (TPSA) is 92.0 Å². The van der Waals surface area contributed by atoms with E-state index in [-0.39, 0.29) is 18.4 Å². The van der Waals surface area contributed by atoms with Crippen LogP contribution in [-0.4, -0.2) is 43.7 Å². The van der Waals surface area contributed by atoms with Crippen LogP contribution in [0.1, 0.15) is 59.0 Å². The van der Waals surface area contributed by atoms with Gasteiger partial charge < -0.3 is 14.9 Å². The van der Waals surface area contributed by atoms with Gasteiger partial charge in [-0.05, 0) is 44.5 Å². The molecule has 2 N–H and O–H groups in total. The smallest absolute Gasteiger partial charge is 0.324 e. The van der Waals surface area contributed by atoms with E-state index in [9.17, 15) is 19.8 Å². The summed E-state index contributed by atoms with van der Waals surface area (Å²) in [5.41, 5.74) is 3.85. The van der Waals surface area contributed by atoms with Crippen LogP contribution in [0.25, 0.3) is 10.9 Å². The van der Waals surface area contributed by atoms with Crippen molar-refractivity contribution >= 4 is 22.8 Å². The minimum absolute atomic E-state index is 0.134. The second kappa shape index (κ2) is 9.94. The Morgan fingerprint density at radius 2 is 1.43 bits per heavy atom. The molecule has 37 heavy (non-hydrogen) atoms. The minimum Gasteiger partial charge on any atom is -0.462 e. The summed E-state index contributed by atoms with van der Waals surface area (Å²) in [6.07, 6.45) is -2.61. The summed E-state index contributed by atoms with van der Waals surface area (Å²) in [6.45, 7) is 5.37. The molecule has 4 aromatic rings. The number of hydrogen-bond acceptors (Lipinski definition) is 6. The van der Waals surface area contributed by atoms with Crippen molar-refractivity contribution in [1.29, 1.82) is 0 Å². The Bertz CT molecular complexity index is 1430. The quantitative estimate of drug-likeness (QED) is 0.381. The first-order valence-corrected chi connectivity index (χ1v) is 12.4. The van der Waals surface area contributed by atoms with Crippen LogP contribution in [0, 0.1) is 6.92 Å². The molecule has 0 bridgehead atoms. The predicted molar refractivity (Wildman–Crippen MR) is 140 cm³/mol. The minimum atomic E-state index is -1.18. The van der Waals surface area contributed by atoms with Crippen LogP contribution < -0.4 is 0 Å². The van der Waals surface area contributed by atoms with E-state index < -0.39 is 24.5 Å². The van der Waals surface area contributed by atoms with Gasteiger partial charge in [0.2, 0.25) is 0 Å². The third kappa shape index (κ3) is 4.35. The number of aliphatic hydroxyl groups excluding tert-OH is 2. The van der Waals surface area contributed by atoms with Crippen LogP contribution in [0.15, 0.2) is 78.9 Å². The maximum Gasteiger partial charge on any atom is 0.324 e. The maximum atomic E-state index is 13.5. The van der Waals surface area contributed by atoms with E-state index in [2.05, 4.69) is 0 Å². The summed E-state index contributed by atoms with van der Waals surface area (Å²) in [5, 5.41) is 23.2. The van der Waals surface area contributed by atoms with E-state index in [4.69, 9.17) is 4.74 Å². The van der Waals surface area contributed by atoms with Crippen LogP contribution in [0.5, 0.6) is 0 Å². The molecule has 3 aromatic carbocycles. The summed E-state index contributed by atoms with van der Waals surface area (Å²) in [4.78, 5) is 28.4. The molecule has 0 amide bonds. The largest absolute Gasteiger partial charge is 0.462 e. The molecular formula is C30H30N2O5. The molecule has 1 aliphatic rings. The lowest BCUT2D eigenvalue weighted by Gasteiger charge is -2.32. The number of carbonyl (C=O) groups excluding carboxylic acids is 2. The Balaban J connectivity index is 1.61. The van der Waals surface area contributed by atoms with Crippen molar-refractivity contribution < 1.29 is 24.5 Å². The molecule has 0 aliphatic carbocycles. The predicted octanol–water partition coefficient (Wildman–Crippen LogP) is 4.50. The van der Waals surface area contributed by atoms with Gasteiger partial charge in [-0.2, -0.15) is 0 Å². The van der Waals surface area contributed by atoms with Crippen molar-refractivity contribution in [3.63, 3.8) is 0 Å². The summed E-state index contributed by atoms with van der Waals surface area (Å²) in [5.74, 6) is -0.720. The van der Waals surface area contributed by atoms with Gasteiger partial charge in [0.25, 0.3) is 5.91 Å². The van der Waals surface area contributed by atoms with Gasteiger partial charge in [0.1, 0.15) is 18.5 Å². The lowest BCUT2D eigenvalue weighted by atomic mass is 10.0. The zero-order chi connectivity index (χ0) is 26.3. The Labute approximate surface area is 215 Å². The number of esters is 1. The molecule has 0 radical (unpaired) electrons. The highest BCUT2D eigenvalue weighted by Gasteiger charge is 2.44. The Morgan fingerprint density at radius 1 is 0.865 bits per heavy atom. The Hall–Kier alpha value is -3.78. The average Bonchev–Trinajstić information content (AvgIpc) is 3.32. The number of fused-ring (bicyclic) bond motifs is 2. The fraction of sp³-hybridized carbons (Fsp3) is 0.267. The first-order valence-electron chi connectivity index (χ1n) is 12.4. The molecule has 0 saturated carbocycles. The highest BCUT2D eigenvalue weighted by Crippen LogP contribution is 2.42. The highest BCUT2D eigenvalue weighted by atomic mass is 16.5. The zero-order valence-electron chi connectivity index (χ0n) is 21.0. The third-order valence-corrected chi connectivity index (χ3v) is 6.96. The molecule has 190 valence electrons. The monoisotopic (exact) mass is 498 g/mol. The molecule has 1 aliphatic heterocycles. The van der Waals surface area contributed by atoms with Gasteiger partial charge >= 0.3 is 5.97 Å². The Morgan fingerprint density at radius 3 is 2.05 bits per heavy atom. The second-order valence-corrected chi connectivity index (χ2v) is 9.62. The molecule has 2 heterocycles. The van der Waals surface area contributed by atoms with E-state index in [0.717, 1.165) is 16.5 Å². The number of para-hydroxylation sites is 1. The van der Waals surface area contributed by atoms with Crippen molar-refractivity contribution in [1.82, 2.24) is 9.47 Å². The number of aromatic nitrogens is 1. The standard InChI is InChI=1S/C30H30N2O5/c1-18(2)37-30(36)26(32-28(34)22-14-7-8-15-23(22)29(32)35)17-24-19(3)31(25-16-10-9-13-21(24)25)27(33)20-11-5-4-6-12-20/h4-16,18,26,28-29,34-35H,17H2,1-3H3/t26-,28-,29-/m0/s1. The number of rotatable bonds is 6. The average molecular weight is 499 g/mol. The van der Waals surface area contributed by atoms with E-state index in [1.807, 2.05) is 49.4 Å². The molecule has 3 atom stereocenters. The first kappa shape index (κ1) is 24.9. The molecule has 0 saturated heterocycles. The molecule has 0 unspecified atom stereocenters. The van der Waals surface area contributed by atoms with Crippen LogP contribution in [0.4, 0.5) is 0 Å².